The van der Waals surface area contributed by atoms with Gasteiger partial charge in [0.1, 0.15) is 0 Å². The van der Waals surface area contributed by atoms with Crippen LogP contribution in [0.3, 0.4) is 0 Å². The van der Waals surface area contributed by atoms with Crippen LogP contribution < -0.4 is 9.80 Å². The van der Waals surface area contributed by atoms with E-state index in [0.717, 1.165) is 29.2 Å². The number of nitrogens with zero attached hydrogens (tertiary/aromatic N) is 3. The van der Waals surface area contributed by atoms with Gasteiger partial charge in [-0.3, -0.25) is 9.59 Å². The second-order valence-corrected chi connectivity index (χ2v) is 9.78. The minimum absolute atomic E-state index is 0.00114. The zero-order valence-electron chi connectivity index (χ0n) is 18.8. The van der Waals surface area contributed by atoms with Gasteiger partial charge in [0.15, 0.2) is 0 Å². The number of fused-ring (bicyclic) bond motifs is 1. The fourth-order valence-electron chi connectivity index (χ4n) is 4.25. The summed E-state index contributed by atoms with van der Waals surface area (Å²) in [7, 11) is 1.74. The zero-order valence-corrected chi connectivity index (χ0v) is 20.4. The minimum Gasteiger partial charge on any atom is -0.368 e. The van der Waals surface area contributed by atoms with E-state index < -0.39 is 0 Å². The number of piperazine rings is 1. The first-order valence-electron chi connectivity index (χ1n) is 11.2. The summed E-state index contributed by atoms with van der Waals surface area (Å²) < 4.78 is 0. The lowest BCUT2D eigenvalue weighted by atomic mass is 10.1. The van der Waals surface area contributed by atoms with Crippen molar-refractivity contribution in [2.75, 3.05) is 43.0 Å². The molecule has 0 radical (unpaired) electrons. The Labute approximate surface area is 208 Å². The summed E-state index contributed by atoms with van der Waals surface area (Å²) >= 11 is 7.68. The largest absolute Gasteiger partial charge is 0.368 e. The lowest BCUT2D eigenvalue weighted by Gasteiger charge is -2.36. The van der Waals surface area contributed by atoms with E-state index in [1.807, 2.05) is 65.6 Å². The number of halogens is 1. The van der Waals surface area contributed by atoms with Gasteiger partial charge in [-0.2, -0.15) is 0 Å². The monoisotopic (exact) mass is 489 g/mol. The molecule has 1 saturated heterocycles. The van der Waals surface area contributed by atoms with E-state index in [4.69, 9.17) is 11.6 Å². The molecule has 3 aromatic carbocycles. The molecule has 2 aliphatic heterocycles. The lowest BCUT2D eigenvalue weighted by Crippen LogP contribution is -2.48. The SMILES string of the molecule is CN1C(=O)C(=Cc2ccccc2Cl)Sc2ccc(C(=O)N3CCN(c4ccccc4)CC3)cc21. The first-order chi connectivity index (χ1) is 16.5. The Morgan fingerprint density at radius 2 is 1.65 bits per heavy atom. The standard InChI is InChI=1S/C27H24ClN3O2S/c1-29-23-17-20(26(32)31-15-13-30(14-16-31)21-8-3-2-4-9-21)11-12-24(23)34-25(27(29)33)18-19-7-5-6-10-22(19)28/h2-12,17-18H,13-16H2,1H3. The summed E-state index contributed by atoms with van der Waals surface area (Å²) in [6.07, 6.45) is 1.82. The first kappa shape index (κ1) is 22.6. The van der Waals surface area contributed by atoms with E-state index in [0.29, 0.717) is 28.6 Å². The molecule has 7 heteroatoms. The van der Waals surface area contributed by atoms with Crippen LogP contribution in [0.15, 0.2) is 82.6 Å². The fraction of sp³-hybridized carbons (Fsp3) is 0.185. The van der Waals surface area contributed by atoms with Crippen molar-refractivity contribution in [3.05, 3.63) is 93.9 Å². The number of rotatable bonds is 3. The third-order valence-electron chi connectivity index (χ3n) is 6.18. The van der Waals surface area contributed by atoms with Gasteiger partial charge in [-0.05, 0) is 48.0 Å². The molecule has 0 aliphatic carbocycles. The quantitative estimate of drug-likeness (QED) is 0.461. The van der Waals surface area contributed by atoms with E-state index in [1.165, 1.54) is 17.4 Å². The molecule has 0 aromatic heterocycles. The van der Waals surface area contributed by atoms with Gasteiger partial charge in [0.05, 0.1) is 10.6 Å². The summed E-state index contributed by atoms with van der Waals surface area (Å²) in [6, 6.07) is 23.3. The summed E-state index contributed by atoms with van der Waals surface area (Å²) in [5.74, 6) is -0.114. The maximum Gasteiger partial charge on any atom is 0.264 e. The van der Waals surface area contributed by atoms with Crippen LogP contribution in [0.5, 0.6) is 0 Å². The number of amides is 2. The molecule has 0 N–H and O–H groups in total. The number of hydrogen-bond acceptors (Lipinski definition) is 4. The lowest BCUT2D eigenvalue weighted by molar-refractivity contribution is -0.114. The van der Waals surface area contributed by atoms with Crippen molar-refractivity contribution in [1.82, 2.24) is 4.90 Å². The molecule has 5 nitrogen and oxygen atoms in total. The van der Waals surface area contributed by atoms with Crippen LogP contribution in [-0.4, -0.2) is 49.9 Å². The van der Waals surface area contributed by atoms with Crippen molar-refractivity contribution in [3.63, 3.8) is 0 Å². The van der Waals surface area contributed by atoms with Crippen molar-refractivity contribution in [1.29, 1.82) is 0 Å². The molecule has 5 rings (SSSR count). The Bertz CT molecular complexity index is 1270. The van der Waals surface area contributed by atoms with Crippen LogP contribution in [0.1, 0.15) is 15.9 Å². The normalized spacial score (nSPS) is 17.2. The van der Waals surface area contributed by atoms with Crippen molar-refractivity contribution in [2.24, 2.45) is 0 Å². The summed E-state index contributed by atoms with van der Waals surface area (Å²) in [6.45, 7) is 2.92. The predicted molar refractivity (Wildman–Crippen MR) is 140 cm³/mol. The number of para-hydroxylation sites is 1. The van der Waals surface area contributed by atoms with E-state index in [2.05, 4.69) is 17.0 Å². The number of carbonyl (C=O) groups is 2. The molecular formula is C27H24ClN3O2S. The van der Waals surface area contributed by atoms with E-state index in [9.17, 15) is 9.59 Å². The van der Waals surface area contributed by atoms with E-state index >= 15 is 0 Å². The number of hydrogen-bond donors (Lipinski definition) is 0. The predicted octanol–water partition coefficient (Wildman–Crippen LogP) is 5.41. The number of thioether (sulfide) groups is 1. The van der Waals surface area contributed by atoms with Gasteiger partial charge < -0.3 is 14.7 Å². The summed E-state index contributed by atoms with van der Waals surface area (Å²) in [5, 5.41) is 0.602. The second kappa shape index (κ2) is 9.57. The average molecular weight is 490 g/mol. The minimum atomic E-state index is -0.113. The van der Waals surface area contributed by atoms with Gasteiger partial charge in [0.25, 0.3) is 11.8 Å². The highest BCUT2D eigenvalue weighted by molar-refractivity contribution is 8.04. The molecule has 0 spiro atoms. The highest BCUT2D eigenvalue weighted by Gasteiger charge is 2.29. The zero-order chi connectivity index (χ0) is 23.7. The maximum atomic E-state index is 13.2. The van der Waals surface area contributed by atoms with E-state index in [-0.39, 0.29) is 11.8 Å². The van der Waals surface area contributed by atoms with E-state index in [1.54, 1.807) is 18.0 Å². The van der Waals surface area contributed by atoms with Gasteiger partial charge in [0, 0.05) is 54.4 Å². The van der Waals surface area contributed by atoms with Crippen molar-refractivity contribution in [3.8, 4) is 0 Å². The number of likely N-dealkylation sites (N-methyl/N-ethyl adjacent to an activating group) is 1. The van der Waals surface area contributed by atoms with Crippen LogP contribution in [0.4, 0.5) is 11.4 Å². The molecule has 0 unspecified atom stereocenters. The van der Waals surface area contributed by atoms with Crippen molar-refractivity contribution < 1.29 is 9.59 Å². The third-order valence-corrected chi connectivity index (χ3v) is 7.60. The Balaban J connectivity index is 1.32. The molecule has 0 atom stereocenters. The Kier molecular flexibility index (Phi) is 6.35. The molecule has 2 aliphatic rings. The number of anilines is 2. The van der Waals surface area contributed by atoms with Crippen LogP contribution in [-0.2, 0) is 4.79 Å². The smallest absolute Gasteiger partial charge is 0.264 e. The highest BCUT2D eigenvalue weighted by atomic mass is 35.5. The summed E-state index contributed by atoms with van der Waals surface area (Å²) in [4.78, 5) is 33.6. The second-order valence-electron chi connectivity index (χ2n) is 8.29. The highest BCUT2D eigenvalue weighted by Crippen LogP contribution is 2.42. The molecule has 2 heterocycles. The Morgan fingerprint density at radius 3 is 2.38 bits per heavy atom. The fourth-order valence-corrected chi connectivity index (χ4v) is 5.52. The van der Waals surface area contributed by atoms with Crippen LogP contribution in [0.2, 0.25) is 5.02 Å². The van der Waals surface area contributed by atoms with Gasteiger partial charge >= 0.3 is 0 Å². The number of benzene rings is 3. The molecule has 0 saturated carbocycles. The van der Waals surface area contributed by atoms with Gasteiger partial charge in [-0.1, -0.05) is 59.8 Å². The summed E-state index contributed by atoms with van der Waals surface area (Å²) in [5.41, 5.74) is 3.34. The van der Waals surface area contributed by atoms with Crippen molar-refractivity contribution >= 4 is 52.6 Å². The third kappa shape index (κ3) is 4.43. The molecule has 1 fully saturated rings. The maximum absolute atomic E-state index is 13.2. The van der Waals surface area contributed by atoms with Crippen LogP contribution in [0.25, 0.3) is 6.08 Å². The molecule has 3 aromatic rings. The van der Waals surface area contributed by atoms with Gasteiger partial charge in [0.2, 0.25) is 0 Å². The van der Waals surface area contributed by atoms with Crippen molar-refractivity contribution in [2.45, 2.75) is 4.90 Å². The molecule has 172 valence electrons. The average Bonchev–Trinajstić information content (AvgIpc) is 2.88. The topological polar surface area (TPSA) is 43.9 Å². The molecule has 0 bridgehead atoms. The Hall–Kier alpha value is -3.22. The molecule has 2 amide bonds. The number of carbonyl (C=O) groups excluding carboxylic acids is 2. The van der Waals surface area contributed by atoms with Crippen LogP contribution in [0, 0.1) is 0 Å². The van der Waals surface area contributed by atoms with Gasteiger partial charge in [-0.25, -0.2) is 0 Å². The molecular weight excluding hydrogens is 466 g/mol. The molecule has 34 heavy (non-hydrogen) atoms. The first-order valence-corrected chi connectivity index (χ1v) is 12.4. The van der Waals surface area contributed by atoms with Gasteiger partial charge in [-0.15, -0.1) is 0 Å². The van der Waals surface area contributed by atoms with Crippen LogP contribution >= 0.6 is 23.4 Å². The Morgan fingerprint density at radius 1 is 0.941 bits per heavy atom.